The van der Waals surface area contributed by atoms with E-state index in [1.165, 1.54) is 28.6 Å². The lowest BCUT2D eigenvalue weighted by Crippen LogP contribution is -2.34. The van der Waals surface area contributed by atoms with Crippen LogP contribution in [0.5, 0.6) is 0 Å². The number of hydrogen-bond acceptors (Lipinski definition) is 3. The zero-order valence-corrected chi connectivity index (χ0v) is 12.2. The molecule has 0 amide bonds. The van der Waals surface area contributed by atoms with Crippen LogP contribution in [-0.4, -0.2) is 35.6 Å². The summed E-state index contributed by atoms with van der Waals surface area (Å²) in [5, 5.41) is 4.52. The first-order valence-electron chi connectivity index (χ1n) is 5.98. The topological polar surface area (TPSA) is 12.0 Å². The third kappa shape index (κ3) is 4.74. The second-order valence-corrected chi connectivity index (χ2v) is 6.85. The highest BCUT2D eigenvalue weighted by molar-refractivity contribution is 8.03. The van der Waals surface area contributed by atoms with Crippen molar-refractivity contribution in [2.75, 3.05) is 29.6 Å². The van der Waals surface area contributed by atoms with Crippen LogP contribution in [0.2, 0.25) is 5.02 Å². The SMILES string of the molecule is Clc1ccccc1CCNC1CSCCSC1. The van der Waals surface area contributed by atoms with Crippen LogP contribution in [0.1, 0.15) is 5.56 Å². The molecule has 17 heavy (non-hydrogen) atoms. The van der Waals surface area contributed by atoms with E-state index in [1.54, 1.807) is 0 Å². The molecule has 1 aliphatic heterocycles. The molecule has 1 saturated heterocycles. The summed E-state index contributed by atoms with van der Waals surface area (Å²) in [5.41, 5.74) is 1.25. The molecule has 1 heterocycles. The van der Waals surface area contributed by atoms with E-state index >= 15 is 0 Å². The molecule has 0 bridgehead atoms. The molecule has 0 atom stereocenters. The molecule has 2 rings (SSSR count). The Morgan fingerprint density at radius 2 is 1.88 bits per heavy atom. The van der Waals surface area contributed by atoms with Gasteiger partial charge in [0.15, 0.2) is 0 Å². The van der Waals surface area contributed by atoms with Crippen molar-refractivity contribution >= 4 is 35.1 Å². The summed E-state index contributed by atoms with van der Waals surface area (Å²) in [6.45, 7) is 1.02. The lowest BCUT2D eigenvalue weighted by Gasteiger charge is -2.15. The van der Waals surface area contributed by atoms with E-state index < -0.39 is 0 Å². The highest BCUT2D eigenvalue weighted by Gasteiger charge is 2.11. The van der Waals surface area contributed by atoms with E-state index in [2.05, 4.69) is 41.0 Å². The van der Waals surface area contributed by atoms with Crippen LogP contribution in [-0.2, 0) is 6.42 Å². The third-order valence-electron chi connectivity index (χ3n) is 2.80. The Hall–Kier alpha value is 0.170. The summed E-state index contributed by atoms with van der Waals surface area (Å²) in [4.78, 5) is 0. The molecule has 1 nitrogen and oxygen atoms in total. The van der Waals surface area contributed by atoms with Crippen LogP contribution in [0, 0.1) is 0 Å². The molecule has 1 aromatic carbocycles. The first kappa shape index (κ1) is 13.6. The number of thioether (sulfide) groups is 2. The van der Waals surface area contributed by atoms with Gasteiger partial charge < -0.3 is 5.32 Å². The Morgan fingerprint density at radius 1 is 1.18 bits per heavy atom. The number of hydrogen-bond donors (Lipinski definition) is 1. The lowest BCUT2D eigenvalue weighted by molar-refractivity contribution is 0.605. The lowest BCUT2D eigenvalue weighted by atomic mass is 10.1. The smallest absolute Gasteiger partial charge is 0.0438 e. The average molecular weight is 288 g/mol. The van der Waals surface area contributed by atoms with Crippen molar-refractivity contribution in [3.63, 3.8) is 0 Å². The van der Waals surface area contributed by atoms with Gasteiger partial charge in [-0.25, -0.2) is 0 Å². The minimum atomic E-state index is 0.662. The zero-order chi connectivity index (χ0) is 11.9. The highest BCUT2D eigenvalue weighted by Crippen LogP contribution is 2.17. The van der Waals surface area contributed by atoms with Gasteiger partial charge in [-0.1, -0.05) is 29.8 Å². The van der Waals surface area contributed by atoms with Crippen molar-refractivity contribution in [1.29, 1.82) is 0 Å². The number of nitrogens with one attached hydrogen (secondary N) is 1. The standard InChI is InChI=1S/C13H18ClNS2/c14-13-4-2-1-3-11(13)5-6-15-12-9-16-7-8-17-10-12/h1-4,12,15H,5-10H2. The van der Waals surface area contributed by atoms with Crippen molar-refractivity contribution in [2.24, 2.45) is 0 Å². The van der Waals surface area contributed by atoms with Gasteiger partial charge in [0.1, 0.15) is 0 Å². The molecule has 0 unspecified atom stereocenters. The summed E-state index contributed by atoms with van der Waals surface area (Å²) in [6, 6.07) is 8.78. The normalized spacial score (nSPS) is 17.9. The second-order valence-electron chi connectivity index (χ2n) is 4.14. The zero-order valence-electron chi connectivity index (χ0n) is 9.82. The van der Waals surface area contributed by atoms with Gasteiger partial charge in [0.25, 0.3) is 0 Å². The van der Waals surface area contributed by atoms with E-state index in [1.807, 2.05) is 12.1 Å². The quantitative estimate of drug-likeness (QED) is 0.912. The third-order valence-corrected chi connectivity index (χ3v) is 5.68. The van der Waals surface area contributed by atoms with Crippen LogP contribution in [0.15, 0.2) is 24.3 Å². The first-order valence-corrected chi connectivity index (χ1v) is 8.67. The minimum Gasteiger partial charge on any atom is -0.312 e. The maximum absolute atomic E-state index is 6.14. The average Bonchev–Trinajstić information content (AvgIpc) is 2.60. The molecule has 0 saturated carbocycles. The van der Waals surface area contributed by atoms with Gasteiger partial charge in [0, 0.05) is 34.1 Å². The summed E-state index contributed by atoms with van der Waals surface area (Å²) in [5.74, 6) is 5.09. The molecule has 0 radical (unpaired) electrons. The first-order chi connectivity index (χ1) is 8.36. The summed E-state index contributed by atoms with van der Waals surface area (Å²) < 4.78 is 0. The number of benzene rings is 1. The number of halogens is 1. The summed E-state index contributed by atoms with van der Waals surface area (Å²) in [6.07, 6.45) is 1.02. The fourth-order valence-corrected chi connectivity index (χ4v) is 4.54. The van der Waals surface area contributed by atoms with Gasteiger partial charge in [-0.15, -0.1) is 0 Å². The Balaban J connectivity index is 1.73. The van der Waals surface area contributed by atoms with Gasteiger partial charge in [0.05, 0.1) is 0 Å². The van der Waals surface area contributed by atoms with E-state index in [4.69, 9.17) is 11.6 Å². The fourth-order valence-electron chi connectivity index (χ4n) is 1.85. The molecule has 1 aliphatic rings. The molecule has 0 aromatic heterocycles. The maximum atomic E-state index is 6.14. The van der Waals surface area contributed by atoms with E-state index in [0.29, 0.717) is 6.04 Å². The van der Waals surface area contributed by atoms with Crippen LogP contribution < -0.4 is 5.32 Å². The van der Waals surface area contributed by atoms with Gasteiger partial charge in [-0.05, 0) is 24.6 Å². The van der Waals surface area contributed by atoms with Crippen LogP contribution >= 0.6 is 35.1 Å². The largest absolute Gasteiger partial charge is 0.312 e. The van der Waals surface area contributed by atoms with Crippen molar-refractivity contribution in [3.8, 4) is 0 Å². The van der Waals surface area contributed by atoms with Crippen LogP contribution in [0.4, 0.5) is 0 Å². The molecule has 94 valence electrons. The Morgan fingerprint density at radius 3 is 2.59 bits per heavy atom. The molecular weight excluding hydrogens is 270 g/mol. The fraction of sp³-hybridized carbons (Fsp3) is 0.538. The van der Waals surface area contributed by atoms with Crippen molar-refractivity contribution in [3.05, 3.63) is 34.9 Å². The van der Waals surface area contributed by atoms with Gasteiger partial charge in [-0.3, -0.25) is 0 Å². The minimum absolute atomic E-state index is 0.662. The molecule has 4 heteroatoms. The van der Waals surface area contributed by atoms with E-state index in [-0.39, 0.29) is 0 Å². The predicted molar refractivity (Wildman–Crippen MR) is 81.6 cm³/mol. The molecule has 1 fully saturated rings. The van der Waals surface area contributed by atoms with Crippen molar-refractivity contribution in [2.45, 2.75) is 12.5 Å². The summed E-state index contributed by atoms with van der Waals surface area (Å²) >= 11 is 10.3. The Labute approximate surface area is 117 Å². The van der Waals surface area contributed by atoms with Gasteiger partial charge >= 0.3 is 0 Å². The van der Waals surface area contributed by atoms with Crippen LogP contribution in [0.3, 0.4) is 0 Å². The van der Waals surface area contributed by atoms with E-state index in [0.717, 1.165) is 18.0 Å². The van der Waals surface area contributed by atoms with Crippen molar-refractivity contribution < 1.29 is 0 Å². The number of rotatable bonds is 4. The molecule has 1 N–H and O–H groups in total. The molecule has 0 aliphatic carbocycles. The van der Waals surface area contributed by atoms with Gasteiger partial charge in [-0.2, -0.15) is 23.5 Å². The Kier molecular flexibility index (Phi) is 6.06. The predicted octanol–water partition coefficient (Wildman–Crippen LogP) is 3.32. The Bertz CT molecular complexity index is 338. The summed E-state index contributed by atoms with van der Waals surface area (Å²) in [7, 11) is 0. The molecular formula is C13H18ClNS2. The van der Waals surface area contributed by atoms with E-state index in [9.17, 15) is 0 Å². The van der Waals surface area contributed by atoms with Gasteiger partial charge in [0.2, 0.25) is 0 Å². The maximum Gasteiger partial charge on any atom is 0.0438 e. The molecule has 0 spiro atoms. The molecule has 1 aromatic rings. The monoisotopic (exact) mass is 287 g/mol. The van der Waals surface area contributed by atoms with Crippen molar-refractivity contribution in [1.82, 2.24) is 5.32 Å². The van der Waals surface area contributed by atoms with Crippen LogP contribution in [0.25, 0.3) is 0 Å². The highest BCUT2D eigenvalue weighted by atomic mass is 35.5. The second kappa shape index (κ2) is 7.57.